The first kappa shape index (κ1) is 63.2. The molecule has 0 saturated heterocycles. The van der Waals surface area contributed by atoms with Gasteiger partial charge < -0.3 is 27.9 Å². The summed E-state index contributed by atoms with van der Waals surface area (Å²) in [4.78, 5) is 37.8. The fraction of sp³-hybridized carbons (Fsp3) is 0.855. The molecule has 0 amide bonds. The highest BCUT2D eigenvalue weighted by Gasteiger charge is 2.21. The Labute approximate surface area is 401 Å². The van der Waals surface area contributed by atoms with E-state index in [0.717, 1.165) is 57.8 Å². The van der Waals surface area contributed by atoms with Crippen LogP contribution >= 0.6 is 7.82 Å². The number of quaternary nitrogens is 1. The van der Waals surface area contributed by atoms with Gasteiger partial charge in [0.15, 0.2) is 6.10 Å². The number of phosphoric ester groups is 1. The average molecular weight is 938 g/mol. The van der Waals surface area contributed by atoms with Crippen molar-refractivity contribution in [3.63, 3.8) is 0 Å². The fourth-order valence-corrected chi connectivity index (χ4v) is 8.39. The van der Waals surface area contributed by atoms with E-state index in [1.165, 1.54) is 161 Å². The number of carbonyl (C=O) groups excluding carboxylic acids is 2. The highest BCUT2D eigenvalue weighted by molar-refractivity contribution is 7.45. The monoisotopic (exact) mass is 938 g/mol. The molecular formula is C55H104NO8P. The summed E-state index contributed by atoms with van der Waals surface area (Å²) in [5.74, 6) is -0.827. The molecule has 65 heavy (non-hydrogen) atoms. The molecule has 0 aliphatic carbocycles. The quantitative estimate of drug-likeness (QED) is 0.0195. The van der Waals surface area contributed by atoms with Crippen molar-refractivity contribution in [2.45, 2.75) is 258 Å². The highest BCUT2D eigenvalue weighted by Crippen LogP contribution is 2.38. The van der Waals surface area contributed by atoms with Crippen LogP contribution in [0.3, 0.4) is 0 Å². The molecule has 2 unspecified atom stereocenters. The third kappa shape index (κ3) is 51.5. The zero-order valence-corrected chi connectivity index (χ0v) is 44.1. The fourth-order valence-electron chi connectivity index (χ4n) is 7.66. The van der Waals surface area contributed by atoms with Gasteiger partial charge in [0.1, 0.15) is 19.8 Å². The van der Waals surface area contributed by atoms with Crippen LogP contribution in [0.5, 0.6) is 0 Å². The summed E-state index contributed by atoms with van der Waals surface area (Å²) in [5.41, 5.74) is 0. The number of rotatable bonds is 50. The van der Waals surface area contributed by atoms with Gasteiger partial charge in [0, 0.05) is 12.8 Å². The largest absolute Gasteiger partial charge is 0.756 e. The number of hydrogen-bond acceptors (Lipinski definition) is 8. The molecule has 0 aliphatic heterocycles. The van der Waals surface area contributed by atoms with Crippen LogP contribution in [0.2, 0.25) is 0 Å². The minimum absolute atomic E-state index is 0.0303. The lowest BCUT2D eigenvalue weighted by Crippen LogP contribution is -2.37. The second kappa shape index (κ2) is 47.3. The van der Waals surface area contributed by atoms with E-state index in [2.05, 4.69) is 50.3 Å². The van der Waals surface area contributed by atoms with Crippen LogP contribution in [0.25, 0.3) is 0 Å². The first-order valence-corrected chi connectivity index (χ1v) is 28.7. The van der Waals surface area contributed by atoms with Crippen molar-refractivity contribution in [1.82, 2.24) is 0 Å². The summed E-state index contributed by atoms with van der Waals surface area (Å²) < 4.78 is 34.1. The molecule has 0 aromatic carbocycles. The Morgan fingerprint density at radius 2 is 0.831 bits per heavy atom. The van der Waals surface area contributed by atoms with E-state index in [-0.39, 0.29) is 32.0 Å². The SMILES string of the molecule is CCCCCCC/C=C\C/C=C\C/C=C\CCCCCCCCCCCCC(=O)OC(COC(=O)CCCCCCCCCCCCCCCCCC)COP(=O)([O-])OCC[N+](C)(C)C. The first-order chi connectivity index (χ1) is 31.5. The zero-order chi connectivity index (χ0) is 47.8. The van der Waals surface area contributed by atoms with Crippen molar-refractivity contribution >= 4 is 19.8 Å². The number of likely N-dealkylation sites (N-methyl/N-ethyl adjacent to an activating group) is 1. The smallest absolute Gasteiger partial charge is 0.306 e. The van der Waals surface area contributed by atoms with Gasteiger partial charge in [0.2, 0.25) is 0 Å². The van der Waals surface area contributed by atoms with Gasteiger partial charge in [-0.25, -0.2) is 0 Å². The topological polar surface area (TPSA) is 111 Å². The third-order valence-electron chi connectivity index (χ3n) is 11.9. The lowest BCUT2D eigenvalue weighted by atomic mass is 10.0. The van der Waals surface area contributed by atoms with Gasteiger partial charge in [0.25, 0.3) is 7.82 Å². The van der Waals surface area contributed by atoms with E-state index < -0.39 is 26.5 Å². The van der Waals surface area contributed by atoms with Crippen LogP contribution in [0.15, 0.2) is 36.5 Å². The summed E-state index contributed by atoms with van der Waals surface area (Å²) >= 11 is 0. The van der Waals surface area contributed by atoms with Crippen molar-refractivity contribution in [3.8, 4) is 0 Å². The predicted octanol–water partition coefficient (Wildman–Crippen LogP) is 15.8. The van der Waals surface area contributed by atoms with Gasteiger partial charge in [-0.1, -0.05) is 224 Å². The summed E-state index contributed by atoms with van der Waals surface area (Å²) in [6.45, 7) is 4.25. The lowest BCUT2D eigenvalue weighted by molar-refractivity contribution is -0.870. The highest BCUT2D eigenvalue weighted by atomic mass is 31.2. The molecule has 2 atom stereocenters. The molecule has 0 N–H and O–H groups in total. The van der Waals surface area contributed by atoms with Crippen molar-refractivity contribution < 1.29 is 42.1 Å². The molecule has 10 heteroatoms. The van der Waals surface area contributed by atoms with Crippen molar-refractivity contribution in [3.05, 3.63) is 36.5 Å². The molecule has 9 nitrogen and oxygen atoms in total. The maximum atomic E-state index is 12.8. The Morgan fingerprint density at radius 1 is 0.477 bits per heavy atom. The van der Waals surface area contributed by atoms with Crippen LogP contribution in [-0.2, 0) is 32.7 Å². The van der Waals surface area contributed by atoms with Crippen LogP contribution < -0.4 is 4.89 Å². The van der Waals surface area contributed by atoms with Crippen LogP contribution in [-0.4, -0.2) is 70.0 Å². The number of phosphoric acid groups is 1. The van der Waals surface area contributed by atoms with E-state index in [1.807, 2.05) is 21.1 Å². The van der Waals surface area contributed by atoms with Gasteiger partial charge in [-0.15, -0.1) is 0 Å². The van der Waals surface area contributed by atoms with Gasteiger partial charge in [-0.2, -0.15) is 0 Å². The van der Waals surface area contributed by atoms with Crippen LogP contribution in [0.4, 0.5) is 0 Å². The standard InChI is InChI=1S/C55H104NO8P/c1-6-8-10-12-14-16-18-20-22-24-25-26-27-28-29-30-31-32-34-36-38-40-42-44-46-48-55(58)64-53(52-63-65(59,60)62-50-49-56(3,4)5)51-61-54(57)47-45-43-41-39-37-35-33-23-21-19-17-15-13-11-9-7-2/h18,20,24-25,27-28,53H,6-17,19,21-23,26,29-52H2,1-5H3/b20-18-,25-24-,28-27-. The summed E-state index contributed by atoms with van der Waals surface area (Å²) in [6.07, 6.45) is 56.0. The number of unbranched alkanes of at least 4 members (excludes halogenated alkanes) is 30. The average Bonchev–Trinajstić information content (AvgIpc) is 3.26. The van der Waals surface area contributed by atoms with E-state index in [0.29, 0.717) is 17.4 Å². The Bertz CT molecular complexity index is 1200. The molecule has 0 saturated carbocycles. The normalized spacial score (nSPS) is 13.6. The zero-order valence-electron chi connectivity index (χ0n) is 43.2. The van der Waals surface area contributed by atoms with E-state index in [4.69, 9.17) is 18.5 Å². The Hall–Kier alpha value is -1.77. The minimum Gasteiger partial charge on any atom is -0.756 e. The van der Waals surface area contributed by atoms with Gasteiger partial charge in [-0.3, -0.25) is 14.2 Å². The predicted molar refractivity (Wildman–Crippen MR) is 273 cm³/mol. The third-order valence-corrected chi connectivity index (χ3v) is 12.9. The summed E-state index contributed by atoms with van der Waals surface area (Å²) in [5, 5.41) is 0. The molecule has 0 aromatic rings. The van der Waals surface area contributed by atoms with Crippen LogP contribution in [0.1, 0.15) is 251 Å². The first-order valence-electron chi connectivity index (χ1n) is 27.2. The minimum atomic E-state index is -4.63. The second-order valence-corrected chi connectivity index (χ2v) is 21.0. The van der Waals surface area contributed by atoms with E-state index in [9.17, 15) is 19.0 Å². The molecule has 0 aliphatic rings. The molecule has 0 heterocycles. The van der Waals surface area contributed by atoms with Crippen molar-refractivity contribution in [2.75, 3.05) is 47.5 Å². The van der Waals surface area contributed by atoms with Gasteiger partial charge in [-0.05, 0) is 51.4 Å². The molecule has 0 radical (unpaired) electrons. The van der Waals surface area contributed by atoms with E-state index in [1.54, 1.807) is 0 Å². The maximum Gasteiger partial charge on any atom is 0.306 e. The Balaban J connectivity index is 4.19. The molecular weight excluding hydrogens is 834 g/mol. The maximum absolute atomic E-state index is 12.8. The molecule has 0 rings (SSSR count). The second-order valence-electron chi connectivity index (χ2n) is 19.6. The number of esters is 2. The molecule has 0 spiro atoms. The molecule has 0 bridgehead atoms. The Kier molecular flexibility index (Phi) is 46.0. The van der Waals surface area contributed by atoms with Gasteiger partial charge >= 0.3 is 11.9 Å². The Morgan fingerprint density at radius 3 is 1.23 bits per heavy atom. The van der Waals surface area contributed by atoms with Gasteiger partial charge in [0.05, 0.1) is 27.7 Å². The lowest BCUT2D eigenvalue weighted by Gasteiger charge is -2.28. The van der Waals surface area contributed by atoms with Crippen molar-refractivity contribution in [2.24, 2.45) is 0 Å². The molecule has 0 fully saturated rings. The number of allylic oxidation sites excluding steroid dienone is 6. The molecule has 382 valence electrons. The number of nitrogens with zero attached hydrogens (tertiary/aromatic N) is 1. The number of carbonyl (C=O) groups is 2. The molecule has 0 aromatic heterocycles. The summed E-state index contributed by atoms with van der Waals surface area (Å²) in [7, 11) is 1.17. The van der Waals surface area contributed by atoms with Crippen LogP contribution in [0, 0.1) is 0 Å². The summed E-state index contributed by atoms with van der Waals surface area (Å²) in [6, 6.07) is 0. The van der Waals surface area contributed by atoms with Crippen molar-refractivity contribution in [1.29, 1.82) is 0 Å². The number of ether oxygens (including phenoxy) is 2. The van der Waals surface area contributed by atoms with E-state index >= 15 is 0 Å². The number of hydrogen-bond donors (Lipinski definition) is 0.